The van der Waals surface area contributed by atoms with E-state index >= 15 is 0 Å². The van der Waals surface area contributed by atoms with E-state index in [1.807, 2.05) is 44.2 Å². The van der Waals surface area contributed by atoms with E-state index in [2.05, 4.69) is 15.0 Å². The van der Waals surface area contributed by atoms with Gasteiger partial charge < -0.3 is 10.1 Å². The summed E-state index contributed by atoms with van der Waals surface area (Å²) in [6.07, 6.45) is 0.155. The molecule has 116 valence electrons. The van der Waals surface area contributed by atoms with Gasteiger partial charge in [0.2, 0.25) is 0 Å². The number of carbonyl (C=O) groups is 2. The number of hydrogen-bond donors (Lipinski definition) is 1. The molecular formula is C17H20N2O3. The average molecular weight is 300 g/mol. The first kappa shape index (κ1) is 15.9. The van der Waals surface area contributed by atoms with Crippen molar-refractivity contribution in [1.29, 1.82) is 0 Å². The van der Waals surface area contributed by atoms with Crippen LogP contribution in [0, 0.1) is 0 Å². The van der Waals surface area contributed by atoms with E-state index in [4.69, 9.17) is 0 Å². The number of rotatable bonds is 5. The summed E-state index contributed by atoms with van der Waals surface area (Å²) in [5, 5.41) is 3.56. The SMILES string of the molecule is COC(=O)CCNC(=O)c1cc(C(C)C)nc2ccccc12. The lowest BCUT2D eigenvalue weighted by atomic mass is 10.0. The van der Waals surface area contributed by atoms with Crippen molar-refractivity contribution in [1.82, 2.24) is 10.3 Å². The van der Waals surface area contributed by atoms with Gasteiger partial charge in [-0.15, -0.1) is 0 Å². The van der Waals surface area contributed by atoms with Crippen molar-refractivity contribution >= 4 is 22.8 Å². The van der Waals surface area contributed by atoms with Gasteiger partial charge in [0, 0.05) is 17.6 Å². The number of esters is 1. The highest BCUT2D eigenvalue weighted by molar-refractivity contribution is 6.06. The fourth-order valence-electron chi connectivity index (χ4n) is 2.15. The Morgan fingerprint density at radius 1 is 1.27 bits per heavy atom. The summed E-state index contributed by atoms with van der Waals surface area (Å²) in [7, 11) is 1.33. The number of ether oxygens (including phenoxy) is 1. The highest BCUT2D eigenvalue weighted by Crippen LogP contribution is 2.22. The van der Waals surface area contributed by atoms with Gasteiger partial charge in [0.25, 0.3) is 5.91 Å². The number of methoxy groups -OCH3 is 1. The number of carbonyl (C=O) groups excluding carboxylic acids is 2. The number of pyridine rings is 1. The van der Waals surface area contributed by atoms with Gasteiger partial charge in [-0.05, 0) is 18.1 Å². The Morgan fingerprint density at radius 2 is 2.00 bits per heavy atom. The first-order valence-electron chi connectivity index (χ1n) is 7.27. The van der Waals surface area contributed by atoms with Crippen molar-refractivity contribution in [2.45, 2.75) is 26.2 Å². The van der Waals surface area contributed by atoms with Gasteiger partial charge in [0.15, 0.2) is 0 Å². The zero-order valence-corrected chi connectivity index (χ0v) is 13.1. The molecule has 0 radical (unpaired) electrons. The standard InChI is InChI=1S/C17H20N2O3/c1-11(2)15-10-13(12-6-4-5-7-14(12)19-15)17(21)18-9-8-16(20)22-3/h4-7,10-11H,8-9H2,1-3H3,(H,18,21). The molecule has 0 fully saturated rings. The lowest BCUT2D eigenvalue weighted by Gasteiger charge is -2.11. The molecule has 0 unspecified atom stereocenters. The monoisotopic (exact) mass is 300 g/mol. The zero-order chi connectivity index (χ0) is 16.1. The number of nitrogens with one attached hydrogen (secondary N) is 1. The van der Waals surface area contributed by atoms with E-state index < -0.39 is 0 Å². The number of nitrogens with zero attached hydrogens (tertiary/aromatic N) is 1. The molecule has 0 saturated heterocycles. The molecule has 1 amide bonds. The maximum atomic E-state index is 12.4. The second-order valence-electron chi connectivity index (χ2n) is 5.35. The van der Waals surface area contributed by atoms with Gasteiger partial charge in [-0.3, -0.25) is 14.6 Å². The molecule has 5 nitrogen and oxygen atoms in total. The molecule has 0 aliphatic heterocycles. The Bertz CT molecular complexity index is 695. The van der Waals surface area contributed by atoms with Gasteiger partial charge >= 0.3 is 5.97 Å². The molecule has 0 aliphatic carbocycles. The first-order valence-corrected chi connectivity index (χ1v) is 7.27. The van der Waals surface area contributed by atoms with Crippen molar-refractivity contribution in [3.05, 3.63) is 41.6 Å². The summed E-state index contributed by atoms with van der Waals surface area (Å²) in [5.41, 5.74) is 2.25. The molecule has 1 heterocycles. The number of amides is 1. The van der Waals surface area contributed by atoms with Crippen LogP contribution in [0.25, 0.3) is 10.9 Å². The Morgan fingerprint density at radius 3 is 2.68 bits per heavy atom. The van der Waals surface area contributed by atoms with E-state index in [1.165, 1.54) is 7.11 Å². The molecule has 0 aliphatic rings. The van der Waals surface area contributed by atoms with Crippen LogP contribution in [-0.4, -0.2) is 30.5 Å². The number of benzene rings is 1. The van der Waals surface area contributed by atoms with Crippen LogP contribution in [0.15, 0.2) is 30.3 Å². The van der Waals surface area contributed by atoms with E-state index in [1.54, 1.807) is 0 Å². The van der Waals surface area contributed by atoms with E-state index in [9.17, 15) is 9.59 Å². The smallest absolute Gasteiger partial charge is 0.307 e. The summed E-state index contributed by atoms with van der Waals surface area (Å²) >= 11 is 0. The summed E-state index contributed by atoms with van der Waals surface area (Å²) in [4.78, 5) is 28.1. The maximum absolute atomic E-state index is 12.4. The first-order chi connectivity index (χ1) is 10.5. The largest absolute Gasteiger partial charge is 0.469 e. The summed E-state index contributed by atoms with van der Waals surface area (Å²) in [6.45, 7) is 4.32. The Balaban J connectivity index is 2.28. The third-order valence-corrected chi connectivity index (χ3v) is 3.41. The third-order valence-electron chi connectivity index (χ3n) is 3.41. The topological polar surface area (TPSA) is 68.3 Å². The number of para-hydroxylation sites is 1. The highest BCUT2D eigenvalue weighted by atomic mass is 16.5. The van der Waals surface area contributed by atoms with Crippen LogP contribution < -0.4 is 5.32 Å². The van der Waals surface area contributed by atoms with Crippen LogP contribution in [0.5, 0.6) is 0 Å². The van der Waals surface area contributed by atoms with Gasteiger partial charge in [0.1, 0.15) is 0 Å². The average Bonchev–Trinajstić information content (AvgIpc) is 2.53. The molecule has 2 rings (SSSR count). The fourth-order valence-corrected chi connectivity index (χ4v) is 2.15. The van der Waals surface area contributed by atoms with Crippen LogP contribution in [0.3, 0.4) is 0 Å². The molecule has 22 heavy (non-hydrogen) atoms. The summed E-state index contributed by atoms with van der Waals surface area (Å²) in [5.74, 6) is -0.321. The van der Waals surface area contributed by atoms with E-state index in [-0.39, 0.29) is 30.8 Å². The van der Waals surface area contributed by atoms with Crippen LogP contribution in [-0.2, 0) is 9.53 Å². The Kier molecular flexibility index (Phi) is 5.09. The summed E-state index contributed by atoms with van der Waals surface area (Å²) < 4.78 is 4.56. The minimum absolute atomic E-state index is 0.155. The lowest BCUT2D eigenvalue weighted by molar-refractivity contribution is -0.140. The molecule has 1 N–H and O–H groups in total. The minimum atomic E-state index is -0.345. The zero-order valence-electron chi connectivity index (χ0n) is 13.1. The van der Waals surface area contributed by atoms with E-state index in [0.717, 1.165) is 16.6 Å². The molecule has 0 bridgehead atoms. The van der Waals surface area contributed by atoms with Crippen LogP contribution in [0.2, 0.25) is 0 Å². The molecule has 5 heteroatoms. The molecule has 2 aromatic rings. The molecule has 0 spiro atoms. The van der Waals surface area contributed by atoms with Crippen LogP contribution in [0.1, 0.15) is 42.2 Å². The predicted molar refractivity (Wildman–Crippen MR) is 84.8 cm³/mol. The van der Waals surface area contributed by atoms with Gasteiger partial charge in [-0.25, -0.2) is 0 Å². The van der Waals surface area contributed by atoms with E-state index in [0.29, 0.717) is 5.56 Å². The van der Waals surface area contributed by atoms with Crippen molar-refractivity contribution in [3.8, 4) is 0 Å². The highest BCUT2D eigenvalue weighted by Gasteiger charge is 2.14. The molecule has 0 atom stereocenters. The lowest BCUT2D eigenvalue weighted by Crippen LogP contribution is -2.26. The normalized spacial score (nSPS) is 10.7. The maximum Gasteiger partial charge on any atom is 0.307 e. The summed E-state index contributed by atoms with van der Waals surface area (Å²) in [6, 6.07) is 9.37. The number of fused-ring (bicyclic) bond motifs is 1. The molecular weight excluding hydrogens is 280 g/mol. The van der Waals surface area contributed by atoms with Crippen LogP contribution in [0.4, 0.5) is 0 Å². The van der Waals surface area contributed by atoms with Crippen molar-refractivity contribution in [3.63, 3.8) is 0 Å². The van der Waals surface area contributed by atoms with Gasteiger partial charge in [0.05, 0.1) is 24.6 Å². The third kappa shape index (κ3) is 3.61. The second-order valence-corrected chi connectivity index (χ2v) is 5.35. The number of aromatic nitrogens is 1. The van der Waals surface area contributed by atoms with Crippen molar-refractivity contribution in [2.24, 2.45) is 0 Å². The molecule has 1 aromatic carbocycles. The number of hydrogen-bond acceptors (Lipinski definition) is 4. The van der Waals surface area contributed by atoms with Gasteiger partial charge in [-0.1, -0.05) is 32.0 Å². The predicted octanol–water partition coefficient (Wildman–Crippen LogP) is 2.65. The van der Waals surface area contributed by atoms with Crippen molar-refractivity contribution < 1.29 is 14.3 Å². The minimum Gasteiger partial charge on any atom is -0.469 e. The molecule has 1 aromatic heterocycles. The fraction of sp³-hybridized carbons (Fsp3) is 0.353. The van der Waals surface area contributed by atoms with Crippen LogP contribution >= 0.6 is 0 Å². The Labute approximate surface area is 129 Å². The van der Waals surface area contributed by atoms with Crippen molar-refractivity contribution in [2.75, 3.05) is 13.7 Å². The second kappa shape index (κ2) is 7.02. The molecule has 0 saturated carbocycles. The quantitative estimate of drug-likeness (QED) is 0.862. The van der Waals surface area contributed by atoms with Gasteiger partial charge in [-0.2, -0.15) is 0 Å². The Hall–Kier alpha value is -2.43.